The highest BCUT2D eigenvalue weighted by Gasteiger charge is 2.08. The van der Waals surface area contributed by atoms with E-state index in [0.717, 1.165) is 15.6 Å². The molecule has 0 spiro atoms. The van der Waals surface area contributed by atoms with Gasteiger partial charge in [0, 0.05) is 10.9 Å². The molecule has 0 aliphatic rings. The highest BCUT2D eigenvalue weighted by molar-refractivity contribution is 9.10. The Hall–Kier alpha value is -1.36. The molecule has 1 aromatic carbocycles. The number of esters is 2. The fraction of sp³-hybridized carbons (Fsp3) is 0.385. The molecule has 98 valence electrons. The van der Waals surface area contributed by atoms with Gasteiger partial charge in [0.25, 0.3) is 0 Å². The molecule has 0 aliphatic carbocycles. The van der Waals surface area contributed by atoms with Crippen LogP contribution in [0.2, 0.25) is 0 Å². The van der Waals surface area contributed by atoms with E-state index < -0.39 is 0 Å². The first-order valence-corrected chi connectivity index (χ1v) is 6.27. The second-order valence-corrected chi connectivity index (χ2v) is 4.61. The van der Waals surface area contributed by atoms with E-state index in [9.17, 15) is 9.59 Å². The third-order valence-electron chi connectivity index (χ3n) is 2.51. The molecule has 0 saturated carbocycles. The summed E-state index contributed by atoms with van der Waals surface area (Å²) in [6.45, 7) is 0. The van der Waals surface area contributed by atoms with E-state index in [4.69, 9.17) is 0 Å². The van der Waals surface area contributed by atoms with Crippen molar-refractivity contribution >= 4 is 27.9 Å². The van der Waals surface area contributed by atoms with E-state index in [1.165, 1.54) is 14.2 Å². The number of halogens is 1. The minimum absolute atomic E-state index is 0.231. The molecular formula is C13H15BrO4. The molecule has 0 heterocycles. The summed E-state index contributed by atoms with van der Waals surface area (Å²) in [5.41, 5.74) is 1.84. The molecular weight excluding hydrogens is 300 g/mol. The van der Waals surface area contributed by atoms with Gasteiger partial charge in [0.05, 0.1) is 20.6 Å². The minimum Gasteiger partial charge on any atom is -0.469 e. The molecule has 0 amide bonds. The van der Waals surface area contributed by atoms with Crippen molar-refractivity contribution in [1.29, 1.82) is 0 Å². The lowest BCUT2D eigenvalue weighted by Gasteiger charge is -2.07. The summed E-state index contributed by atoms with van der Waals surface area (Å²) in [6, 6.07) is 5.61. The summed E-state index contributed by atoms with van der Waals surface area (Å²) in [7, 11) is 2.73. The SMILES string of the molecule is COC(=O)CCc1cc(CC(=O)OC)ccc1Br. The minimum atomic E-state index is -0.281. The third kappa shape index (κ3) is 4.49. The van der Waals surface area contributed by atoms with E-state index in [0.29, 0.717) is 12.8 Å². The fourth-order valence-electron chi connectivity index (χ4n) is 1.51. The lowest BCUT2D eigenvalue weighted by molar-refractivity contribution is -0.141. The van der Waals surface area contributed by atoms with Gasteiger partial charge in [0.1, 0.15) is 0 Å². The molecule has 1 rings (SSSR count). The molecule has 0 unspecified atom stereocenters. The standard InChI is InChI=1S/C13H15BrO4/c1-17-12(15)6-4-10-7-9(3-5-11(10)14)8-13(16)18-2/h3,5,7H,4,6,8H2,1-2H3. The fourth-order valence-corrected chi connectivity index (χ4v) is 1.95. The van der Waals surface area contributed by atoms with Crippen molar-refractivity contribution < 1.29 is 19.1 Å². The Kier molecular flexibility index (Phi) is 5.85. The lowest BCUT2D eigenvalue weighted by atomic mass is 10.0. The van der Waals surface area contributed by atoms with Crippen LogP contribution in [0.5, 0.6) is 0 Å². The Labute approximate surface area is 114 Å². The highest BCUT2D eigenvalue weighted by Crippen LogP contribution is 2.20. The van der Waals surface area contributed by atoms with Gasteiger partial charge in [-0.1, -0.05) is 28.1 Å². The lowest BCUT2D eigenvalue weighted by Crippen LogP contribution is -2.06. The van der Waals surface area contributed by atoms with Crippen LogP contribution in [0, 0.1) is 0 Å². The van der Waals surface area contributed by atoms with Gasteiger partial charge in [-0.25, -0.2) is 0 Å². The van der Waals surface area contributed by atoms with E-state index in [1.807, 2.05) is 18.2 Å². The molecule has 0 fully saturated rings. The second-order valence-electron chi connectivity index (χ2n) is 3.75. The zero-order chi connectivity index (χ0) is 13.5. The summed E-state index contributed by atoms with van der Waals surface area (Å²) >= 11 is 3.42. The van der Waals surface area contributed by atoms with Crippen LogP contribution in [0.25, 0.3) is 0 Å². The van der Waals surface area contributed by atoms with Crippen molar-refractivity contribution in [3.63, 3.8) is 0 Å². The molecule has 0 aliphatic heterocycles. The van der Waals surface area contributed by atoms with Gasteiger partial charge in [-0.2, -0.15) is 0 Å². The highest BCUT2D eigenvalue weighted by atomic mass is 79.9. The Bertz CT molecular complexity index is 443. The number of ether oxygens (including phenoxy) is 2. The zero-order valence-corrected chi connectivity index (χ0v) is 12.0. The predicted molar refractivity (Wildman–Crippen MR) is 70.2 cm³/mol. The van der Waals surface area contributed by atoms with E-state index in [2.05, 4.69) is 25.4 Å². The molecule has 0 saturated heterocycles. The summed E-state index contributed by atoms with van der Waals surface area (Å²) in [4.78, 5) is 22.3. The molecule has 0 radical (unpaired) electrons. The van der Waals surface area contributed by atoms with Gasteiger partial charge < -0.3 is 9.47 Å². The number of carbonyl (C=O) groups excluding carboxylic acids is 2. The summed E-state index contributed by atoms with van der Waals surface area (Å²) in [5, 5.41) is 0. The van der Waals surface area contributed by atoms with Crippen molar-refractivity contribution in [2.45, 2.75) is 19.3 Å². The molecule has 0 aromatic heterocycles. The number of rotatable bonds is 5. The van der Waals surface area contributed by atoms with Crippen LogP contribution in [-0.2, 0) is 31.9 Å². The molecule has 18 heavy (non-hydrogen) atoms. The monoisotopic (exact) mass is 314 g/mol. The van der Waals surface area contributed by atoms with Crippen LogP contribution in [0.3, 0.4) is 0 Å². The number of carbonyl (C=O) groups is 2. The van der Waals surface area contributed by atoms with Crippen molar-refractivity contribution in [2.24, 2.45) is 0 Å². The maximum absolute atomic E-state index is 11.2. The van der Waals surface area contributed by atoms with Crippen LogP contribution in [0.4, 0.5) is 0 Å². The quantitative estimate of drug-likeness (QED) is 0.782. The van der Waals surface area contributed by atoms with Gasteiger partial charge in [-0.05, 0) is 23.6 Å². The van der Waals surface area contributed by atoms with Crippen LogP contribution < -0.4 is 0 Å². The number of methoxy groups -OCH3 is 2. The van der Waals surface area contributed by atoms with E-state index >= 15 is 0 Å². The molecule has 0 bridgehead atoms. The Morgan fingerprint density at radius 3 is 2.44 bits per heavy atom. The molecule has 1 aromatic rings. The van der Waals surface area contributed by atoms with Gasteiger partial charge in [0.15, 0.2) is 0 Å². The van der Waals surface area contributed by atoms with Gasteiger partial charge in [-0.3, -0.25) is 9.59 Å². The average molecular weight is 315 g/mol. The van der Waals surface area contributed by atoms with Crippen LogP contribution >= 0.6 is 15.9 Å². The van der Waals surface area contributed by atoms with Gasteiger partial charge in [-0.15, -0.1) is 0 Å². The van der Waals surface area contributed by atoms with E-state index in [-0.39, 0.29) is 18.4 Å². The van der Waals surface area contributed by atoms with Gasteiger partial charge >= 0.3 is 11.9 Å². The Morgan fingerprint density at radius 2 is 1.83 bits per heavy atom. The summed E-state index contributed by atoms with van der Waals surface area (Å²) in [6.07, 6.45) is 1.12. The largest absolute Gasteiger partial charge is 0.469 e. The van der Waals surface area contributed by atoms with Gasteiger partial charge in [0.2, 0.25) is 0 Å². The molecule has 4 nitrogen and oxygen atoms in total. The predicted octanol–water partition coefficient (Wildman–Crippen LogP) is 2.27. The number of hydrogen-bond donors (Lipinski definition) is 0. The van der Waals surface area contributed by atoms with Crippen molar-refractivity contribution in [1.82, 2.24) is 0 Å². The molecule has 0 atom stereocenters. The number of benzene rings is 1. The van der Waals surface area contributed by atoms with Crippen molar-refractivity contribution in [2.75, 3.05) is 14.2 Å². The van der Waals surface area contributed by atoms with Crippen LogP contribution in [0.15, 0.2) is 22.7 Å². The zero-order valence-electron chi connectivity index (χ0n) is 10.4. The Balaban J connectivity index is 2.74. The smallest absolute Gasteiger partial charge is 0.309 e. The normalized spacial score (nSPS) is 9.94. The first-order chi connectivity index (χ1) is 8.56. The maximum Gasteiger partial charge on any atom is 0.309 e. The second kappa shape index (κ2) is 7.16. The van der Waals surface area contributed by atoms with E-state index in [1.54, 1.807) is 0 Å². The average Bonchev–Trinajstić information content (AvgIpc) is 2.38. The maximum atomic E-state index is 11.2. The number of hydrogen-bond acceptors (Lipinski definition) is 4. The number of aryl methyl sites for hydroxylation is 1. The third-order valence-corrected chi connectivity index (χ3v) is 3.29. The molecule has 5 heteroatoms. The Morgan fingerprint density at radius 1 is 1.17 bits per heavy atom. The summed E-state index contributed by atoms with van der Waals surface area (Å²) in [5.74, 6) is -0.531. The van der Waals surface area contributed by atoms with Crippen LogP contribution in [0.1, 0.15) is 17.5 Å². The topological polar surface area (TPSA) is 52.6 Å². The van der Waals surface area contributed by atoms with Crippen LogP contribution in [-0.4, -0.2) is 26.2 Å². The summed E-state index contributed by atoms with van der Waals surface area (Å²) < 4.78 is 10.1. The first kappa shape index (κ1) is 14.7. The molecule has 0 N–H and O–H groups in total. The first-order valence-electron chi connectivity index (χ1n) is 5.47. The van der Waals surface area contributed by atoms with Crippen molar-refractivity contribution in [3.8, 4) is 0 Å². The van der Waals surface area contributed by atoms with Crippen molar-refractivity contribution in [3.05, 3.63) is 33.8 Å².